The highest BCUT2D eigenvalue weighted by molar-refractivity contribution is 6.23. The van der Waals surface area contributed by atoms with Crippen molar-refractivity contribution in [2.45, 2.75) is 41.5 Å². The summed E-state index contributed by atoms with van der Waals surface area (Å²) in [5.74, 6) is -0.718. The second-order valence-electron chi connectivity index (χ2n) is 8.67. The zero-order valence-electron chi connectivity index (χ0n) is 20.6. The first kappa shape index (κ1) is 23.3. The van der Waals surface area contributed by atoms with E-state index in [1.54, 1.807) is 18.7 Å². The van der Waals surface area contributed by atoms with Crippen LogP contribution in [0.1, 0.15) is 41.9 Å². The fraction of sp³-hybridized carbons (Fsp3) is 0.241. The van der Waals surface area contributed by atoms with E-state index in [0.29, 0.717) is 16.8 Å². The van der Waals surface area contributed by atoms with Gasteiger partial charge in [0.25, 0.3) is 5.91 Å². The first-order valence-electron chi connectivity index (χ1n) is 11.5. The van der Waals surface area contributed by atoms with Crippen LogP contribution in [0.5, 0.6) is 0 Å². The van der Waals surface area contributed by atoms with E-state index in [4.69, 9.17) is 4.74 Å². The fourth-order valence-electron chi connectivity index (χ4n) is 4.59. The molecule has 1 aromatic heterocycles. The summed E-state index contributed by atoms with van der Waals surface area (Å²) in [6.07, 6.45) is 1.82. The van der Waals surface area contributed by atoms with Crippen LogP contribution in [0, 0.1) is 27.7 Å². The lowest BCUT2D eigenvalue weighted by atomic mass is 10.0. The highest BCUT2D eigenvalue weighted by Crippen LogP contribution is 2.36. The standard InChI is InChI=1S/C29H30N2O3/c1-7-34-29(33)27-22(6)31(24-11-9-8-10-12-24)28(32)25(27)17-23-16-20(4)30(21(23)5)26-15-18(2)13-14-19(26)3/h8-17H,7H2,1-6H3. The normalized spacial score (nSPS) is 14.9. The van der Waals surface area contributed by atoms with Crippen LogP contribution in [-0.4, -0.2) is 23.1 Å². The number of nitrogens with zero attached hydrogens (tertiary/aromatic N) is 2. The maximum Gasteiger partial charge on any atom is 0.340 e. The summed E-state index contributed by atoms with van der Waals surface area (Å²) in [7, 11) is 0. The molecule has 0 N–H and O–H groups in total. The SMILES string of the molecule is CCOC(=O)C1=C(C)N(c2ccccc2)C(=O)C1=Cc1cc(C)n(-c2cc(C)ccc2C)c1C. The van der Waals surface area contributed by atoms with Gasteiger partial charge in [0.2, 0.25) is 0 Å². The van der Waals surface area contributed by atoms with Gasteiger partial charge >= 0.3 is 5.97 Å². The van der Waals surface area contributed by atoms with Gasteiger partial charge < -0.3 is 9.30 Å². The van der Waals surface area contributed by atoms with Gasteiger partial charge in [-0.1, -0.05) is 30.3 Å². The number of esters is 1. The van der Waals surface area contributed by atoms with Crippen LogP contribution in [0.2, 0.25) is 0 Å². The molecule has 2 heterocycles. The molecule has 0 fully saturated rings. The molecule has 0 saturated heterocycles. The number of carbonyl (C=O) groups is 2. The Morgan fingerprint density at radius 1 is 0.971 bits per heavy atom. The van der Waals surface area contributed by atoms with Crippen LogP contribution in [-0.2, 0) is 14.3 Å². The molecule has 0 bridgehead atoms. The van der Waals surface area contributed by atoms with E-state index in [-0.39, 0.29) is 12.5 Å². The summed E-state index contributed by atoms with van der Waals surface area (Å²) in [6.45, 7) is 12.1. The third-order valence-corrected chi connectivity index (χ3v) is 6.27. The molecule has 4 rings (SSSR count). The van der Waals surface area contributed by atoms with E-state index in [0.717, 1.165) is 28.3 Å². The van der Waals surface area contributed by atoms with Crippen molar-refractivity contribution in [2.75, 3.05) is 11.5 Å². The Morgan fingerprint density at radius 2 is 1.68 bits per heavy atom. The lowest BCUT2D eigenvalue weighted by Gasteiger charge is -2.17. The minimum atomic E-state index is -0.485. The number of ether oxygens (including phenoxy) is 1. The minimum Gasteiger partial charge on any atom is -0.462 e. The number of aromatic nitrogens is 1. The number of hydrogen-bond donors (Lipinski definition) is 0. The van der Waals surface area contributed by atoms with Crippen LogP contribution in [0.4, 0.5) is 5.69 Å². The monoisotopic (exact) mass is 454 g/mol. The Hall–Kier alpha value is -3.86. The van der Waals surface area contributed by atoms with Gasteiger partial charge in [0.05, 0.1) is 17.8 Å². The van der Waals surface area contributed by atoms with Gasteiger partial charge in [-0.15, -0.1) is 0 Å². The van der Waals surface area contributed by atoms with Crippen molar-refractivity contribution in [2.24, 2.45) is 0 Å². The first-order chi connectivity index (χ1) is 16.2. The summed E-state index contributed by atoms with van der Waals surface area (Å²) in [6, 6.07) is 17.8. The molecule has 0 atom stereocenters. The number of para-hydroxylation sites is 1. The Morgan fingerprint density at radius 3 is 2.35 bits per heavy atom. The van der Waals surface area contributed by atoms with E-state index in [1.807, 2.05) is 43.3 Å². The summed E-state index contributed by atoms with van der Waals surface area (Å²) < 4.78 is 7.53. The number of amides is 1. The third kappa shape index (κ3) is 3.98. The molecule has 0 radical (unpaired) electrons. The van der Waals surface area contributed by atoms with E-state index in [9.17, 15) is 9.59 Å². The van der Waals surface area contributed by atoms with Crippen molar-refractivity contribution in [1.29, 1.82) is 0 Å². The molecular formula is C29H30N2O3. The van der Waals surface area contributed by atoms with E-state index in [1.165, 1.54) is 11.1 Å². The topological polar surface area (TPSA) is 51.5 Å². The van der Waals surface area contributed by atoms with Crippen molar-refractivity contribution in [3.8, 4) is 5.69 Å². The fourth-order valence-corrected chi connectivity index (χ4v) is 4.59. The van der Waals surface area contributed by atoms with E-state index < -0.39 is 5.97 Å². The molecule has 1 amide bonds. The second-order valence-corrected chi connectivity index (χ2v) is 8.67. The maximum absolute atomic E-state index is 13.6. The predicted molar refractivity (Wildman–Crippen MR) is 136 cm³/mol. The van der Waals surface area contributed by atoms with Crippen molar-refractivity contribution < 1.29 is 14.3 Å². The molecule has 34 heavy (non-hydrogen) atoms. The Bertz CT molecular complexity index is 1340. The van der Waals surface area contributed by atoms with Crippen LogP contribution in [0.25, 0.3) is 11.8 Å². The lowest BCUT2D eigenvalue weighted by Crippen LogP contribution is -2.24. The lowest BCUT2D eigenvalue weighted by molar-refractivity contribution is -0.138. The molecule has 174 valence electrons. The molecule has 1 aliphatic heterocycles. The highest BCUT2D eigenvalue weighted by Gasteiger charge is 2.38. The zero-order chi connectivity index (χ0) is 24.6. The average Bonchev–Trinajstić information content (AvgIpc) is 3.22. The van der Waals surface area contributed by atoms with Gasteiger partial charge in [-0.05, 0) is 88.6 Å². The molecule has 1 aliphatic rings. The van der Waals surface area contributed by atoms with E-state index >= 15 is 0 Å². The molecular weight excluding hydrogens is 424 g/mol. The summed E-state index contributed by atoms with van der Waals surface area (Å²) in [4.78, 5) is 28.1. The van der Waals surface area contributed by atoms with Gasteiger partial charge in [-0.2, -0.15) is 0 Å². The third-order valence-electron chi connectivity index (χ3n) is 6.27. The molecule has 0 unspecified atom stereocenters. The first-order valence-corrected chi connectivity index (χ1v) is 11.5. The van der Waals surface area contributed by atoms with Crippen molar-refractivity contribution in [3.63, 3.8) is 0 Å². The molecule has 2 aromatic carbocycles. The van der Waals surface area contributed by atoms with Gasteiger partial charge in [-0.25, -0.2) is 4.79 Å². The Labute approximate surface area is 201 Å². The van der Waals surface area contributed by atoms with Crippen LogP contribution < -0.4 is 4.90 Å². The van der Waals surface area contributed by atoms with Gasteiger partial charge in [0.1, 0.15) is 0 Å². The van der Waals surface area contributed by atoms with Crippen LogP contribution in [0.3, 0.4) is 0 Å². The van der Waals surface area contributed by atoms with E-state index in [2.05, 4.69) is 49.6 Å². The van der Waals surface area contributed by atoms with Gasteiger partial charge in [-0.3, -0.25) is 9.69 Å². The van der Waals surface area contributed by atoms with Crippen LogP contribution in [0.15, 0.2) is 71.4 Å². The summed E-state index contributed by atoms with van der Waals surface area (Å²) in [5.41, 5.74) is 8.37. The minimum absolute atomic E-state index is 0.233. The number of aryl methyl sites for hydroxylation is 3. The zero-order valence-corrected chi connectivity index (χ0v) is 20.6. The summed E-state index contributed by atoms with van der Waals surface area (Å²) in [5, 5.41) is 0. The molecule has 0 aliphatic carbocycles. The van der Waals surface area contributed by atoms with Crippen molar-refractivity contribution >= 4 is 23.6 Å². The smallest absolute Gasteiger partial charge is 0.340 e. The number of carbonyl (C=O) groups excluding carboxylic acids is 2. The number of hydrogen-bond acceptors (Lipinski definition) is 3. The van der Waals surface area contributed by atoms with Gasteiger partial charge in [0, 0.05) is 28.5 Å². The molecule has 3 aromatic rings. The number of allylic oxidation sites excluding steroid dienone is 1. The highest BCUT2D eigenvalue weighted by atomic mass is 16.5. The number of benzene rings is 2. The van der Waals surface area contributed by atoms with Gasteiger partial charge in [0.15, 0.2) is 0 Å². The number of anilines is 1. The molecule has 0 spiro atoms. The number of rotatable bonds is 5. The molecule has 5 heteroatoms. The largest absolute Gasteiger partial charge is 0.462 e. The van der Waals surface area contributed by atoms with Crippen LogP contribution >= 0.6 is 0 Å². The van der Waals surface area contributed by atoms with Crippen molar-refractivity contribution in [1.82, 2.24) is 4.57 Å². The molecule has 0 saturated carbocycles. The summed E-state index contributed by atoms with van der Waals surface area (Å²) >= 11 is 0. The van der Waals surface area contributed by atoms with Crippen molar-refractivity contribution in [3.05, 3.63) is 99.5 Å². The Kier molecular flexibility index (Phi) is 6.29. The quantitative estimate of drug-likeness (QED) is 0.352. The average molecular weight is 455 g/mol. The second kappa shape index (κ2) is 9.18. The predicted octanol–water partition coefficient (Wildman–Crippen LogP) is 5.98. The molecule has 5 nitrogen and oxygen atoms in total. The Balaban J connectivity index is 1.87. The maximum atomic E-state index is 13.6.